The zero-order valence-corrected chi connectivity index (χ0v) is 14.3. The molecule has 0 aliphatic heterocycles. The quantitative estimate of drug-likeness (QED) is 0.661. The van der Waals surface area contributed by atoms with Crippen LogP contribution >= 0.6 is 0 Å². The van der Waals surface area contributed by atoms with Gasteiger partial charge in [-0.1, -0.05) is 0 Å². The lowest BCUT2D eigenvalue weighted by molar-refractivity contribution is -0.148. The van der Waals surface area contributed by atoms with E-state index in [0.717, 1.165) is 0 Å². The molecule has 2 amide bonds. The molecule has 0 fully saturated rings. The highest BCUT2D eigenvalue weighted by Crippen LogP contribution is 2.14. The second kappa shape index (κ2) is 9.87. The van der Waals surface area contributed by atoms with Crippen molar-refractivity contribution in [2.45, 2.75) is 19.4 Å². The summed E-state index contributed by atoms with van der Waals surface area (Å²) in [6.07, 6.45) is 1.37. The number of hydrogen-bond donors (Lipinski definition) is 2. The average molecular weight is 360 g/mol. The molecule has 2 rings (SSSR count). The molecule has 0 aliphatic rings. The van der Waals surface area contributed by atoms with Crippen molar-refractivity contribution in [1.29, 1.82) is 0 Å². The normalized spacial score (nSPS) is 10.0. The summed E-state index contributed by atoms with van der Waals surface area (Å²) in [6.45, 7) is -0.163. The maximum absolute atomic E-state index is 11.7. The van der Waals surface area contributed by atoms with Gasteiger partial charge in [-0.2, -0.15) is 0 Å². The second-order valence-corrected chi connectivity index (χ2v) is 5.29. The van der Waals surface area contributed by atoms with Gasteiger partial charge in [0.15, 0.2) is 6.61 Å². The number of furan rings is 1. The number of benzene rings is 1. The maximum Gasteiger partial charge on any atom is 0.306 e. The monoisotopic (exact) mass is 360 g/mol. The number of nitrogens with one attached hydrogen (secondary N) is 2. The number of ether oxygens (including phenoxy) is 2. The molecule has 1 heterocycles. The molecule has 0 spiro atoms. The number of amides is 2. The van der Waals surface area contributed by atoms with Gasteiger partial charge in [0.1, 0.15) is 11.5 Å². The van der Waals surface area contributed by atoms with Crippen LogP contribution in [0.3, 0.4) is 0 Å². The van der Waals surface area contributed by atoms with E-state index in [1.54, 1.807) is 43.5 Å². The molecule has 2 N–H and O–H groups in total. The lowest BCUT2D eigenvalue weighted by Gasteiger charge is -2.07. The third-order valence-electron chi connectivity index (χ3n) is 3.33. The number of anilines is 1. The molecular weight excluding hydrogens is 340 g/mol. The van der Waals surface area contributed by atoms with Crippen LogP contribution in [0.5, 0.6) is 5.75 Å². The largest absolute Gasteiger partial charge is 0.497 e. The van der Waals surface area contributed by atoms with Crippen molar-refractivity contribution in [3.63, 3.8) is 0 Å². The van der Waals surface area contributed by atoms with Gasteiger partial charge in [-0.25, -0.2) is 0 Å². The van der Waals surface area contributed by atoms with Crippen LogP contribution in [-0.4, -0.2) is 31.5 Å². The third kappa shape index (κ3) is 6.68. The van der Waals surface area contributed by atoms with E-state index in [9.17, 15) is 14.4 Å². The van der Waals surface area contributed by atoms with Crippen molar-refractivity contribution in [2.75, 3.05) is 19.0 Å². The van der Waals surface area contributed by atoms with Gasteiger partial charge < -0.3 is 24.5 Å². The minimum absolute atomic E-state index is 0.0281. The van der Waals surface area contributed by atoms with Crippen LogP contribution in [0, 0.1) is 0 Å². The van der Waals surface area contributed by atoms with E-state index in [4.69, 9.17) is 13.9 Å². The molecule has 8 heteroatoms. The summed E-state index contributed by atoms with van der Waals surface area (Å²) in [6, 6.07) is 10.2. The second-order valence-electron chi connectivity index (χ2n) is 5.29. The summed E-state index contributed by atoms with van der Waals surface area (Å²) in [5.74, 6) is -0.106. The molecular formula is C18H20N2O6. The Kier molecular flexibility index (Phi) is 7.23. The van der Waals surface area contributed by atoms with Crippen LogP contribution in [-0.2, 0) is 25.7 Å². The molecule has 0 aliphatic carbocycles. The van der Waals surface area contributed by atoms with Crippen LogP contribution in [0.2, 0.25) is 0 Å². The number of rotatable bonds is 9. The van der Waals surface area contributed by atoms with E-state index >= 15 is 0 Å². The van der Waals surface area contributed by atoms with Crippen molar-refractivity contribution >= 4 is 23.5 Å². The van der Waals surface area contributed by atoms with Crippen molar-refractivity contribution in [2.24, 2.45) is 0 Å². The fraction of sp³-hybridized carbons (Fsp3) is 0.278. The van der Waals surface area contributed by atoms with Crippen molar-refractivity contribution in [3.05, 3.63) is 48.4 Å². The Morgan fingerprint density at radius 1 is 1.04 bits per heavy atom. The Morgan fingerprint density at radius 2 is 1.81 bits per heavy atom. The van der Waals surface area contributed by atoms with E-state index in [1.165, 1.54) is 6.26 Å². The van der Waals surface area contributed by atoms with E-state index in [-0.39, 0.29) is 25.3 Å². The zero-order valence-electron chi connectivity index (χ0n) is 14.3. The van der Waals surface area contributed by atoms with Crippen LogP contribution in [0.4, 0.5) is 5.69 Å². The van der Waals surface area contributed by atoms with Crippen molar-refractivity contribution in [3.8, 4) is 5.75 Å². The lowest BCUT2D eigenvalue weighted by atomic mass is 10.3. The van der Waals surface area contributed by atoms with Crippen LogP contribution in [0.25, 0.3) is 0 Å². The summed E-state index contributed by atoms with van der Waals surface area (Å²) in [5.41, 5.74) is 0.559. The molecule has 26 heavy (non-hydrogen) atoms. The summed E-state index contributed by atoms with van der Waals surface area (Å²) in [5, 5.41) is 5.21. The molecule has 1 aromatic heterocycles. The van der Waals surface area contributed by atoms with Crippen LogP contribution in [0.1, 0.15) is 18.6 Å². The fourth-order valence-electron chi connectivity index (χ4n) is 1.99. The Morgan fingerprint density at radius 3 is 2.46 bits per heavy atom. The third-order valence-corrected chi connectivity index (χ3v) is 3.33. The molecule has 1 aromatic carbocycles. The number of esters is 1. The summed E-state index contributed by atoms with van der Waals surface area (Å²) in [7, 11) is 1.55. The maximum atomic E-state index is 11.7. The smallest absolute Gasteiger partial charge is 0.306 e. The van der Waals surface area contributed by atoms with E-state index in [1.807, 2.05) is 0 Å². The topological polar surface area (TPSA) is 107 Å². The summed E-state index contributed by atoms with van der Waals surface area (Å²) < 4.78 is 14.9. The molecule has 2 aromatic rings. The van der Waals surface area contributed by atoms with Gasteiger partial charge in [0.05, 0.1) is 26.3 Å². The van der Waals surface area contributed by atoms with E-state index < -0.39 is 18.5 Å². The fourth-order valence-corrected chi connectivity index (χ4v) is 1.99. The average Bonchev–Trinajstić information content (AvgIpc) is 3.17. The first-order chi connectivity index (χ1) is 12.6. The van der Waals surface area contributed by atoms with Crippen LogP contribution < -0.4 is 15.4 Å². The zero-order chi connectivity index (χ0) is 18.8. The highest BCUT2D eigenvalue weighted by atomic mass is 16.5. The van der Waals surface area contributed by atoms with Gasteiger partial charge in [0.25, 0.3) is 5.91 Å². The number of carbonyl (C=O) groups is 3. The van der Waals surface area contributed by atoms with Crippen LogP contribution in [0.15, 0.2) is 47.1 Å². The molecule has 0 saturated carbocycles. The highest BCUT2D eigenvalue weighted by Gasteiger charge is 2.11. The molecule has 0 bridgehead atoms. The molecule has 138 valence electrons. The highest BCUT2D eigenvalue weighted by molar-refractivity contribution is 5.93. The van der Waals surface area contributed by atoms with Gasteiger partial charge in [-0.15, -0.1) is 0 Å². The predicted molar refractivity (Wildman–Crippen MR) is 92.4 cm³/mol. The first-order valence-corrected chi connectivity index (χ1v) is 7.95. The Hall–Kier alpha value is -3.29. The van der Waals surface area contributed by atoms with Crippen molar-refractivity contribution in [1.82, 2.24) is 5.32 Å². The standard InChI is InChI=1S/C18H20N2O6/c1-24-14-6-4-13(5-7-14)20-17(22)12-26-18(23)9-8-16(21)19-11-15-3-2-10-25-15/h2-7,10H,8-9,11-12H2,1H3,(H,19,21)(H,20,22). The summed E-state index contributed by atoms with van der Waals surface area (Å²) >= 11 is 0. The summed E-state index contributed by atoms with van der Waals surface area (Å²) in [4.78, 5) is 35.0. The number of hydrogen-bond acceptors (Lipinski definition) is 6. The van der Waals surface area contributed by atoms with Gasteiger partial charge in [-0.3, -0.25) is 14.4 Å². The number of carbonyl (C=O) groups excluding carboxylic acids is 3. The molecule has 0 atom stereocenters. The van der Waals surface area contributed by atoms with Gasteiger partial charge in [0, 0.05) is 12.1 Å². The molecule has 0 unspecified atom stereocenters. The first kappa shape index (κ1) is 19.0. The van der Waals surface area contributed by atoms with Gasteiger partial charge in [-0.05, 0) is 36.4 Å². The number of methoxy groups -OCH3 is 1. The SMILES string of the molecule is COc1ccc(NC(=O)COC(=O)CCC(=O)NCc2ccco2)cc1. The predicted octanol–water partition coefficient (Wildman–Crippen LogP) is 1.87. The van der Waals surface area contributed by atoms with E-state index in [2.05, 4.69) is 10.6 Å². The van der Waals surface area contributed by atoms with Gasteiger partial charge >= 0.3 is 5.97 Å². The molecule has 0 saturated heterocycles. The Labute approximate surface area is 150 Å². The molecule has 0 radical (unpaired) electrons. The molecule has 8 nitrogen and oxygen atoms in total. The minimum atomic E-state index is -0.622. The first-order valence-electron chi connectivity index (χ1n) is 7.95. The minimum Gasteiger partial charge on any atom is -0.497 e. The Balaban J connectivity index is 1.61. The van der Waals surface area contributed by atoms with Gasteiger partial charge in [0.2, 0.25) is 5.91 Å². The van der Waals surface area contributed by atoms with Crippen molar-refractivity contribution < 1.29 is 28.3 Å². The Bertz CT molecular complexity index is 725. The van der Waals surface area contributed by atoms with E-state index in [0.29, 0.717) is 17.2 Å². The lowest BCUT2D eigenvalue weighted by Crippen LogP contribution is -2.24.